The normalized spacial score (nSPS) is 30.6. The molecule has 1 aliphatic carbocycles. The molecule has 0 spiro atoms. The van der Waals surface area contributed by atoms with Crippen LogP contribution in [0.4, 0.5) is 4.79 Å². The van der Waals surface area contributed by atoms with E-state index >= 15 is 0 Å². The van der Waals surface area contributed by atoms with Crippen molar-refractivity contribution < 1.29 is 9.90 Å². The van der Waals surface area contributed by atoms with Crippen LogP contribution in [-0.4, -0.2) is 29.8 Å². The van der Waals surface area contributed by atoms with Gasteiger partial charge >= 0.3 is 6.03 Å². The van der Waals surface area contributed by atoms with E-state index in [1.165, 1.54) is 0 Å². The van der Waals surface area contributed by atoms with E-state index in [2.05, 4.69) is 10.6 Å². The van der Waals surface area contributed by atoms with Gasteiger partial charge < -0.3 is 15.7 Å². The van der Waals surface area contributed by atoms with E-state index in [4.69, 9.17) is 0 Å². The van der Waals surface area contributed by atoms with E-state index in [-0.39, 0.29) is 30.1 Å². The first-order valence-corrected chi connectivity index (χ1v) is 5.66. The van der Waals surface area contributed by atoms with E-state index in [0.29, 0.717) is 0 Å². The number of amides is 2. The molecule has 2 unspecified atom stereocenters. The standard InChI is InChI=1S/C11H22N2O2/c1-8(2)12-10(15)13-9-5-4-6-11(9,3)7-14/h8-9,14H,4-7H2,1-3H3,(H2,12,13,15). The van der Waals surface area contributed by atoms with Crippen molar-refractivity contribution in [3.63, 3.8) is 0 Å². The predicted octanol–water partition coefficient (Wildman–Crippen LogP) is 1.25. The SMILES string of the molecule is CC(C)NC(=O)NC1CCCC1(C)CO. The zero-order valence-corrected chi connectivity index (χ0v) is 9.84. The number of aliphatic hydroxyl groups is 1. The second kappa shape index (κ2) is 4.84. The van der Waals surface area contributed by atoms with Crippen LogP contribution < -0.4 is 10.6 Å². The van der Waals surface area contributed by atoms with Crippen molar-refractivity contribution in [1.82, 2.24) is 10.6 Å². The Morgan fingerprint density at radius 2 is 2.27 bits per heavy atom. The molecular weight excluding hydrogens is 192 g/mol. The van der Waals surface area contributed by atoms with Gasteiger partial charge in [0.05, 0.1) is 6.61 Å². The molecule has 0 bridgehead atoms. The summed E-state index contributed by atoms with van der Waals surface area (Å²) in [6, 6.07) is 0.115. The molecule has 4 nitrogen and oxygen atoms in total. The van der Waals surface area contributed by atoms with E-state index in [9.17, 15) is 9.90 Å². The third-order valence-electron chi connectivity index (χ3n) is 3.17. The van der Waals surface area contributed by atoms with Gasteiger partial charge in [-0.15, -0.1) is 0 Å². The number of urea groups is 1. The average molecular weight is 214 g/mol. The lowest BCUT2D eigenvalue weighted by atomic mass is 9.86. The summed E-state index contributed by atoms with van der Waals surface area (Å²) in [6.45, 7) is 6.03. The number of nitrogens with one attached hydrogen (secondary N) is 2. The molecule has 1 fully saturated rings. The monoisotopic (exact) mass is 214 g/mol. The number of rotatable bonds is 3. The Balaban J connectivity index is 2.47. The zero-order chi connectivity index (χ0) is 11.5. The van der Waals surface area contributed by atoms with E-state index in [1.54, 1.807) is 0 Å². The molecule has 0 radical (unpaired) electrons. The van der Waals surface area contributed by atoms with Crippen LogP contribution in [0.1, 0.15) is 40.0 Å². The quantitative estimate of drug-likeness (QED) is 0.662. The topological polar surface area (TPSA) is 61.4 Å². The highest BCUT2D eigenvalue weighted by atomic mass is 16.3. The van der Waals surface area contributed by atoms with Crippen LogP contribution >= 0.6 is 0 Å². The van der Waals surface area contributed by atoms with Gasteiger partial charge in [-0.3, -0.25) is 0 Å². The lowest BCUT2D eigenvalue weighted by Crippen LogP contribution is -2.50. The molecule has 0 aromatic rings. The highest BCUT2D eigenvalue weighted by molar-refractivity contribution is 5.74. The van der Waals surface area contributed by atoms with Gasteiger partial charge in [-0.1, -0.05) is 13.3 Å². The fraction of sp³-hybridized carbons (Fsp3) is 0.909. The van der Waals surface area contributed by atoms with E-state index in [0.717, 1.165) is 19.3 Å². The average Bonchev–Trinajstić information content (AvgIpc) is 2.47. The van der Waals surface area contributed by atoms with Gasteiger partial charge in [-0.2, -0.15) is 0 Å². The van der Waals surface area contributed by atoms with Crippen molar-refractivity contribution >= 4 is 6.03 Å². The first kappa shape index (κ1) is 12.3. The van der Waals surface area contributed by atoms with Crippen LogP contribution in [0.25, 0.3) is 0 Å². The number of aliphatic hydroxyl groups excluding tert-OH is 1. The molecule has 4 heteroatoms. The molecule has 88 valence electrons. The van der Waals surface area contributed by atoms with Gasteiger partial charge in [0.15, 0.2) is 0 Å². The third kappa shape index (κ3) is 3.09. The van der Waals surface area contributed by atoms with Gasteiger partial charge in [0.25, 0.3) is 0 Å². The van der Waals surface area contributed by atoms with Gasteiger partial charge in [0.2, 0.25) is 0 Å². The lowest BCUT2D eigenvalue weighted by molar-refractivity contribution is 0.121. The maximum Gasteiger partial charge on any atom is 0.315 e. The molecule has 1 saturated carbocycles. The van der Waals surface area contributed by atoms with Crippen molar-refractivity contribution in [3.8, 4) is 0 Å². The van der Waals surface area contributed by atoms with Crippen LogP contribution in [0, 0.1) is 5.41 Å². The highest BCUT2D eigenvalue weighted by Crippen LogP contribution is 2.37. The molecule has 1 aliphatic rings. The molecule has 2 amide bonds. The first-order valence-electron chi connectivity index (χ1n) is 5.66. The molecule has 15 heavy (non-hydrogen) atoms. The molecule has 0 aromatic carbocycles. The van der Waals surface area contributed by atoms with E-state index in [1.807, 2.05) is 20.8 Å². The van der Waals surface area contributed by atoms with Gasteiger partial charge in [0, 0.05) is 17.5 Å². The van der Waals surface area contributed by atoms with Crippen molar-refractivity contribution in [2.75, 3.05) is 6.61 Å². The summed E-state index contributed by atoms with van der Waals surface area (Å²) in [7, 11) is 0. The molecular formula is C11H22N2O2. The van der Waals surface area contributed by atoms with Crippen LogP contribution in [0.3, 0.4) is 0 Å². The fourth-order valence-corrected chi connectivity index (χ4v) is 2.13. The van der Waals surface area contributed by atoms with Crippen molar-refractivity contribution in [2.24, 2.45) is 5.41 Å². The number of hydrogen-bond acceptors (Lipinski definition) is 2. The fourth-order valence-electron chi connectivity index (χ4n) is 2.13. The van der Waals surface area contributed by atoms with Crippen LogP contribution in [0.15, 0.2) is 0 Å². The van der Waals surface area contributed by atoms with Crippen LogP contribution in [0.5, 0.6) is 0 Å². The van der Waals surface area contributed by atoms with Crippen molar-refractivity contribution in [1.29, 1.82) is 0 Å². The minimum Gasteiger partial charge on any atom is -0.396 e. The first-order chi connectivity index (χ1) is 6.98. The molecule has 0 aromatic heterocycles. The Morgan fingerprint density at radius 3 is 2.80 bits per heavy atom. The van der Waals surface area contributed by atoms with Crippen molar-refractivity contribution in [3.05, 3.63) is 0 Å². The Morgan fingerprint density at radius 1 is 1.60 bits per heavy atom. The van der Waals surface area contributed by atoms with Crippen LogP contribution in [-0.2, 0) is 0 Å². The van der Waals surface area contributed by atoms with Gasteiger partial charge in [-0.25, -0.2) is 4.79 Å². The number of hydrogen-bond donors (Lipinski definition) is 3. The molecule has 3 N–H and O–H groups in total. The molecule has 0 saturated heterocycles. The summed E-state index contributed by atoms with van der Waals surface area (Å²) in [5.41, 5.74) is -0.145. The second-order valence-corrected chi connectivity index (χ2v) is 5.03. The van der Waals surface area contributed by atoms with E-state index < -0.39 is 0 Å². The van der Waals surface area contributed by atoms with Gasteiger partial charge in [0.1, 0.15) is 0 Å². The molecule has 0 aliphatic heterocycles. The second-order valence-electron chi connectivity index (χ2n) is 5.03. The summed E-state index contributed by atoms with van der Waals surface area (Å²) in [5, 5.41) is 15.1. The summed E-state index contributed by atoms with van der Waals surface area (Å²) in [5.74, 6) is 0. The lowest BCUT2D eigenvalue weighted by Gasteiger charge is -2.30. The Bertz CT molecular complexity index is 231. The largest absolute Gasteiger partial charge is 0.396 e. The summed E-state index contributed by atoms with van der Waals surface area (Å²) in [4.78, 5) is 11.5. The maximum atomic E-state index is 11.5. The minimum absolute atomic E-state index is 0.0984. The molecule has 0 heterocycles. The smallest absolute Gasteiger partial charge is 0.315 e. The summed E-state index contributed by atoms with van der Waals surface area (Å²) < 4.78 is 0. The summed E-state index contributed by atoms with van der Waals surface area (Å²) >= 11 is 0. The minimum atomic E-state index is -0.145. The Kier molecular flexibility index (Phi) is 3.97. The predicted molar refractivity (Wildman–Crippen MR) is 59.6 cm³/mol. The number of carbonyl (C=O) groups excluding carboxylic acids is 1. The molecule has 1 rings (SSSR count). The third-order valence-corrected chi connectivity index (χ3v) is 3.17. The summed E-state index contributed by atoms with van der Waals surface area (Å²) in [6.07, 6.45) is 3.02. The Labute approximate surface area is 91.4 Å². The highest BCUT2D eigenvalue weighted by Gasteiger charge is 2.39. The van der Waals surface area contributed by atoms with Gasteiger partial charge in [-0.05, 0) is 26.7 Å². The van der Waals surface area contributed by atoms with Crippen LogP contribution in [0.2, 0.25) is 0 Å². The molecule has 2 atom stereocenters. The number of carbonyl (C=O) groups is 1. The Hall–Kier alpha value is -0.770. The van der Waals surface area contributed by atoms with Crippen molar-refractivity contribution in [2.45, 2.75) is 52.1 Å². The zero-order valence-electron chi connectivity index (χ0n) is 9.84. The maximum absolute atomic E-state index is 11.5.